The molecule has 202 valence electrons. The predicted molar refractivity (Wildman–Crippen MR) is 145 cm³/mol. The Morgan fingerprint density at radius 1 is 1.00 bits per heavy atom. The highest BCUT2D eigenvalue weighted by molar-refractivity contribution is 8.11. The van der Waals surface area contributed by atoms with Gasteiger partial charge in [-0.05, 0) is 129 Å². The molecule has 0 amide bonds. The number of aliphatic hydroxyl groups is 3. The van der Waals surface area contributed by atoms with E-state index in [4.69, 9.17) is 0 Å². The molecule has 0 aliphatic heterocycles. The van der Waals surface area contributed by atoms with Crippen LogP contribution in [0.3, 0.4) is 0 Å². The van der Waals surface area contributed by atoms with Crippen molar-refractivity contribution in [3.8, 4) is 0 Å². The Hall–Kier alpha value is -0.100. The van der Waals surface area contributed by atoms with Gasteiger partial charge in [0.1, 0.15) is 0 Å². The zero-order chi connectivity index (χ0) is 25.4. The standard InChI is InChI=1S/C30H52O4S/c1-19(17-31)5-8-27(34)20(2)28-21(11-14-35-18-32)15-26-24-7-6-22-16-23(33)9-12-29(22,3)25(24)10-13-30(26,28)4/h18-28,31,33-34H,5-17H2,1-4H3. The zero-order valence-electron chi connectivity index (χ0n) is 22.7. The topological polar surface area (TPSA) is 77.8 Å². The van der Waals surface area contributed by atoms with Crippen LogP contribution in [0.15, 0.2) is 0 Å². The minimum Gasteiger partial charge on any atom is -0.396 e. The average Bonchev–Trinajstić information content (AvgIpc) is 3.14. The van der Waals surface area contributed by atoms with Gasteiger partial charge in [0.2, 0.25) is 0 Å². The summed E-state index contributed by atoms with van der Waals surface area (Å²) in [6.45, 7) is 9.66. The number of hydrogen-bond donors (Lipinski definition) is 3. The summed E-state index contributed by atoms with van der Waals surface area (Å²) in [5, 5.41) is 31.1. The normalized spacial score (nSPS) is 45.6. The van der Waals surface area contributed by atoms with E-state index >= 15 is 0 Å². The smallest absolute Gasteiger partial charge is 0.176 e. The molecular weight excluding hydrogens is 456 g/mol. The first kappa shape index (κ1) is 27.9. The van der Waals surface area contributed by atoms with Crippen molar-refractivity contribution in [2.75, 3.05) is 12.4 Å². The van der Waals surface area contributed by atoms with E-state index in [0.29, 0.717) is 29.1 Å². The van der Waals surface area contributed by atoms with E-state index in [9.17, 15) is 20.1 Å². The van der Waals surface area contributed by atoms with Crippen LogP contribution in [0.2, 0.25) is 0 Å². The third-order valence-corrected chi connectivity index (χ3v) is 12.6. The molecule has 4 rings (SSSR count). The Morgan fingerprint density at radius 3 is 2.46 bits per heavy atom. The van der Waals surface area contributed by atoms with Crippen LogP contribution in [-0.4, -0.2) is 45.5 Å². The lowest BCUT2D eigenvalue weighted by Crippen LogP contribution is -2.54. The average molecular weight is 509 g/mol. The van der Waals surface area contributed by atoms with Gasteiger partial charge in [0.05, 0.1) is 12.2 Å². The first-order valence-corrected chi connectivity index (χ1v) is 15.7. The molecule has 12 atom stereocenters. The van der Waals surface area contributed by atoms with Crippen LogP contribution in [-0.2, 0) is 4.79 Å². The van der Waals surface area contributed by atoms with Gasteiger partial charge in [-0.3, -0.25) is 4.79 Å². The summed E-state index contributed by atoms with van der Waals surface area (Å²) < 4.78 is 0. The summed E-state index contributed by atoms with van der Waals surface area (Å²) in [6.07, 6.45) is 11.9. The van der Waals surface area contributed by atoms with Crippen LogP contribution in [0.25, 0.3) is 0 Å². The molecule has 0 aromatic rings. The van der Waals surface area contributed by atoms with Crippen LogP contribution in [0.5, 0.6) is 0 Å². The Morgan fingerprint density at radius 2 is 1.74 bits per heavy atom. The van der Waals surface area contributed by atoms with Crippen molar-refractivity contribution in [2.45, 2.75) is 111 Å². The van der Waals surface area contributed by atoms with E-state index in [0.717, 1.165) is 55.3 Å². The first-order valence-electron chi connectivity index (χ1n) is 14.7. The van der Waals surface area contributed by atoms with Crippen molar-refractivity contribution in [3.63, 3.8) is 0 Å². The molecule has 35 heavy (non-hydrogen) atoms. The second-order valence-electron chi connectivity index (χ2n) is 13.7. The maximum Gasteiger partial charge on any atom is 0.176 e. The molecule has 4 aliphatic carbocycles. The van der Waals surface area contributed by atoms with Crippen LogP contribution < -0.4 is 0 Å². The summed E-state index contributed by atoms with van der Waals surface area (Å²) in [6, 6.07) is 0. The van der Waals surface area contributed by atoms with E-state index in [1.165, 1.54) is 50.3 Å². The molecular formula is C30H52O4S. The molecule has 0 radical (unpaired) electrons. The number of aliphatic hydroxyl groups excluding tert-OH is 3. The second-order valence-corrected chi connectivity index (χ2v) is 14.6. The molecule has 0 heterocycles. The van der Waals surface area contributed by atoms with Crippen LogP contribution in [0.4, 0.5) is 0 Å². The molecule has 3 N–H and O–H groups in total. The Bertz CT molecular complexity index is 716. The molecule has 0 aromatic heterocycles. The maximum absolute atomic E-state index is 11.3. The molecule has 5 heteroatoms. The van der Waals surface area contributed by atoms with Crippen molar-refractivity contribution in [3.05, 3.63) is 0 Å². The molecule has 4 nitrogen and oxygen atoms in total. The zero-order valence-corrected chi connectivity index (χ0v) is 23.5. The fourth-order valence-electron chi connectivity index (χ4n) is 10.1. The number of rotatable bonds is 10. The van der Waals surface area contributed by atoms with Gasteiger partial charge in [-0.15, -0.1) is 0 Å². The molecule has 12 unspecified atom stereocenters. The molecule has 0 spiro atoms. The summed E-state index contributed by atoms with van der Waals surface area (Å²) in [4.78, 5) is 11.1. The van der Waals surface area contributed by atoms with E-state index in [-0.39, 0.29) is 36.1 Å². The van der Waals surface area contributed by atoms with Crippen molar-refractivity contribution < 1.29 is 20.1 Å². The lowest BCUT2D eigenvalue weighted by atomic mass is 9.44. The lowest BCUT2D eigenvalue weighted by molar-refractivity contribution is -0.132. The first-order chi connectivity index (χ1) is 16.7. The Balaban J connectivity index is 1.56. The Kier molecular flexibility index (Phi) is 9.04. The number of hydrogen-bond acceptors (Lipinski definition) is 5. The van der Waals surface area contributed by atoms with Crippen molar-refractivity contribution in [1.82, 2.24) is 0 Å². The summed E-state index contributed by atoms with van der Waals surface area (Å²) in [7, 11) is 0. The lowest BCUT2D eigenvalue weighted by Gasteiger charge is -2.61. The van der Waals surface area contributed by atoms with Gasteiger partial charge in [-0.1, -0.05) is 39.5 Å². The minimum absolute atomic E-state index is 0.0927. The SMILES string of the molecule is CC(CO)CCC(O)C(C)C1C(CCSC=O)CC2C3CCC4CC(O)CCC4(C)C3CCC21C. The minimum atomic E-state index is -0.323. The fraction of sp³-hybridized carbons (Fsp3) is 0.967. The largest absolute Gasteiger partial charge is 0.396 e. The van der Waals surface area contributed by atoms with E-state index < -0.39 is 0 Å². The molecule has 4 fully saturated rings. The quantitative estimate of drug-likeness (QED) is 0.251. The van der Waals surface area contributed by atoms with Crippen LogP contribution >= 0.6 is 11.8 Å². The number of thioether (sulfide) groups is 1. The molecule has 0 bridgehead atoms. The van der Waals surface area contributed by atoms with Crippen molar-refractivity contribution in [1.29, 1.82) is 0 Å². The van der Waals surface area contributed by atoms with E-state index in [1.54, 1.807) is 0 Å². The van der Waals surface area contributed by atoms with Gasteiger partial charge in [-0.25, -0.2) is 0 Å². The monoisotopic (exact) mass is 508 g/mol. The van der Waals surface area contributed by atoms with E-state index in [1.807, 2.05) is 0 Å². The molecule has 4 saturated carbocycles. The van der Waals surface area contributed by atoms with Crippen molar-refractivity contribution in [2.24, 2.45) is 58.2 Å². The number of carbonyl (C=O) groups is 1. The van der Waals surface area contributed by atoms with Crippen LogP contribution in [0, 0.1) is 58.2 Å². The van der Waals surface area contributed by atoms with Gasteiger partial charge in [0.25, 0.3) is 0 Å². The number of fused-ring (bicyclic) bond motifs is 5. The van der Waals surface area contributed by atoms with Gasteiger partial charge < -0.3 is 15.3 Å². The van der Waals surface area contributed by atoms with Gasteiger partial charge in [0, 0.05) is 12.4 Å². The highest BCUT2D eigenvalue weighted by atomic mass is 32.2. The summed E-state index contributed by atoms with van der Waals surface area (Å²) >= 11 is 1.41. The highest BCUT2D eigenvalue weighted by Gasteiger charge is 2.63. The fourth-order valence-corrected chi connectivity index (χ4v) is 10.6. The van der Waals surface area contributed by atoms with Crippen LogP contribution in [0.1, 0.15) is 98.3 Å². The molecule has 4 aliphatic rings. The van der Waals surface area contributed by atoms with Crippen molar-refractivity contribution >= 4 is 17.4 Å². The third kappa shape index (κ3) is 5.27. The third-order valence-electron chi connectivity index (χ3n) is 12.0. The van der Waals surface area contributed by atoms with Gasteiger partial charge >= 0.3 is 0 Å². The second kappa shape index (κ2) is 11.3. The summed E-state index contributed by atoms with van der Waals surface area (Å²) in [5.74, 6) is 5.41. The predicted octanol–water partition coefficient (Wildman–Crippen LogP) is 5.95. The Labute approximate surface area is 218 Å². The molecule has 0 aromatic carbocycles. The summed E-state index contributed by atoms with van der Waals surface area (Å²) in [5.41, 5.74) is 1.64. The van der Waals surface area contributed by atoms with E-state index in [2.05, 4.69) is 27.7 Å². The van der Waals surface area contributed by atoms with Gasteiger partial charge in [0.15, 0.2) is 5.62 Å². The number of carbonyl (C=O) groups excluding carboxylic acids is 1. The highest BCUT2D eigenvalue weighted by Crippen LogP contribution is 2.69. The van der Waals surface area contributed by atoms with Gasteiger partial charge in [-0.2, -0.15) is 0 Å². The molecule has 0 saturated heterocycles. The maximum atomic E-state index is 11.3.